The number of H-pyrrole nitrogens is 1. The van der Waals surface area contributed by atoms with E-state index in [0.29, 0.717) is 12.3 Å². The first-order chi connectivity index (χ1) is 10.6. The average molecular weight is 300 g/mol. The Balaban J connectivity index is 1.77. The standard InChI is InChI=1S/C17H20N2O3/c1-10-7-13(10)16(20)19-15(17(21)22-2)8-11-9-18-14-6-4-3-5-12(11)14/h3-6,9-10,13,15,18H,7-8H2,1-2H3,(H,19,20). The number of rotatable bonds is 5. The Hall–Kier alpha value is -2.30. The molecular weight excluding hydrogens is 280 g/mol. The number of para-hydroxylation sites is 1. The normalized spacial score (nSPS) is 21.4. The third-order valence-electron chi connectivity index (χ3n) is 4.35. The van der Waals surface area contributed by atoms with E-state index in [9.17, 15) is 9.59 Å². The minimum absolute atomic E-state index is 0.0372. The van der Waals surface area contributed by atoms with E-state index in [1.54, 1.807) is 0 Å². The first-order valence-electron chi connectivity index (χ1n) is 7.53. The number of methoxy groups -OCH3 is 1. The minimum Gasteiger partial charge on any atom is -0.467 e. The molecule has 0 aliphatic heterocycles. The van der Waals surface area contributed by atoms with Crippen LogP contribution in [-0.2, 0) is 20.7 Å². The molecule has 1 aliphatic rings. The summed E-state index contributed by atoms with van der Waals surface area (Å²) < 4.78 is 4.84. The van der Waals surface area contributed by atoms with Crippen molar-refractivity contribution in [2.24, 2.45) is 11.8 Å². The van der Waals surface area contributed by atoms with Crippen molar-refractivity contribution < 1.29 is 14.3 Å². The molecule has 0 bridgehead atoms. The van der Waals surface area contributed by atoms with Crippen molar-refractivity contribution in [1.82, 2.24) is 10.3 Å². The van der Waals surface area contributed by atoms with Gasteiger partial charge in [-0.1, -0.05) is 25.1 Å². The lowest BCUT2D eigenvalue weighted by atomic mass is 10.0. The molecule has 0 saturated heterocycles. The maximum atomic E-state index is 12.1. The molecule has 3 atom stereocenters. The predicted octanol–water partition coefficient (Wildman–Crippen LogP) is 2.02. The van der Waals surface area contributed by atoms with Crippen LogP contribution in [0.2, 0.25) is 0 Å². The summed E-state index contributed by atoms with van der Waals surface area (Å²) in [7, 11) is 1.34. The van der Waals surface area contributed by atoms with Gasteiger partial charge in [0.25, 0.3) is 0 Å². The molecule has 3 rings (SSSR count). The molecule has 1 saturated carbocycles. The predicted molar refractivity (Wildman–Crippen MR) is 83.2 cm³/mol. The summed E-state index contributed by atoms with van der Waals surface area (Å²) >= 11 is 0. The fraction of sp³-hybridized carbons (Fsp3) is 0.412. The maximum absolute atomic E-state index is 12.1. The number of esters is 1. The topological polar surface area (TPSA) is 71.2 Å². The molecule has 1 heterocycles. The molecule has 1 aromatic carbocycles. The van der Waals surface area contributed by atoms with Crippen LogP contribution in [0.1, 0.15) is 18.9 Å². The monoisotopic (exact) mass is 300 g/mol. The van der Waals surface area contributed by atoms with E-state index in [2.05, 4.69) is 10.3 Å². The van der Waals surface area contributed by atoms with Gasteiger partial charge < -0.3 is 15.0 Å². The van der Waals surface area contributed by atoms with Gasteiger partial charge in [0, 0.05) is 29.4 Å². The van der Waals surface area contributed by atoms with Crippen molar-refractivity contribution in [3.05, 3.63) is 36.0 Å². The summed E-state index contributed by atoms with van der Waals surface area (Å²) in [5.41, 5.74) is 2.01. The molecule has 3 unspecified atom stereocenters. The van der Waals surface area contributed by atoms with E-state index >= 15 is 0 Å². The van der Waals surface area contributed by atoms with Gasteiger partial charge in [0.05, 0.1) is 7.11 Å². The lowest BCUT2D eigenvalue weighted by Gasteiger charge is -2.16. The van der Waals surface area contributed by atoms with Crippen molar-refractivity contribution in [1.29, 1.82) is 0 Å². The van der Waals surface area contributed by atoms with Crippen LogP contribution in [0.3, 0.4) is 0 Å². The number of benzene rings is 1. The summed E-state index contributed by atoms with van der Waals surface area (Å²) in [5.74, 6) is -0.0174. The molecule has 5 heteroatoms. The van der Waals surface area contributed by atoms with Crippen molar-refractivity contribution >= 4 is 22.8 Å². The van der Waals surface area contributed by atoms with E-state index in [4.69, 9.17) is 4.74 Å². The molecule has 1 aliphatic carbocycles. The van der Waals surface area contributed by atoms with Crippen molar-refractivity contribution in [2.75, 3.05) is 7.11 Å². The van der Waals surface area contributed by atoms with E-state index in [1.807, 2.05) is 37.4 Å². The first-order valence-corrected chi connectivity index (χ1v) is 7.53. The smallest absolute Gasteiger partial charge is 0.328 e. The molecule has 0 spiro atoms. The molecule has 116 valence electrons. The lowest BCUT2D eigenvalue weighted by Crippen LogP contribution is -2.43. The number of amides is 1. The SMILES string of the molecule is COC(=O)C(Cc1c[nH]c2ccccc12)NC(=O)C1CC1C. The summed E-state index contributed by atoms with van der Waals surface area (Å²) in [6.45, 7) is 2.04. The Bertz CT molecular complexity index is 707. The summed E-state index contributed by atoms with van der Waals surface area (Å²) in [6, 6.07) is 7.24. The quantitative estimate of drug-likeness (QED) is 0.830. The Kier molecular flexibility index (Phi) is 3.88. The fourth-order valence-electron chi connectivity index (χ4n) is 2.82. The number of nitrogens with one attached hydrogen (secondary N) is 2. The molecule has 5 nitrogen and oxygen atoms in total. The van der Waals surface area contributed by atoms with Gasteiger partial charge in [0.15, 0.2) is 0 Å². The molecule has 1 amide bonds. The number of aromatic nitrogens is 1. The Morgan fingerprint density at radius 1 is 1.41 bits per heavy atom. The lowest BCUT2D eigenvalue weighted by molar-refractivity contribution is -0.145. The van der Waals surface area contributed by atoms with Crippen LogP contribution in [0.4, 0.5) is 0 Å². The highest BCUT2D eigenvalue weighted by molar-refractivity contribution is 5.89. The highest BCUT2D eigenvalue weighted by Gasteiger charge is 2.40. The van der Waals surface area contributed by atoms with Crippen LogP contribution in [0.15, 0.2) is 30.5 Å². The molecule has 2 N–H and O–H groups in total. The third kappa shape index (κ3) is 2.84. The number of carbonyl (C=O) groups excluding carboxylic acids is 2. The first kappa shape index (κ1) is 14.6. The Labute approximate surface area is 129 Å². The fourth-order valence-corrected chi connectivity index (χ4v) is 2.82. The van der Waals surface area contributed by atoms with Crippen molar-refractivity contribution in [2.45, 2.75) is 25.8 Å². The third-order valence-corrected chi connectivity index (χ3v) is 4.35. The van der Waals surface area contributed by atoms with E-state index in [1.165, 1.54) is 7.11 Å². The number of aromatic amines is 1. The molecule has 22 heavy (non-hydrogen) atoms. The zero-order valence-corrected chi connectivity index (χ0v) is 12.8. The maximum Gasteiger partial charge on any atom is 0.328 e. The van der Waals surface area contributed by atoms with Gasteiger partial charge in [-0.05, 0) is 24.0 Å². The second kappa shape index (κ2) is 5.83. The van der Waals surface area contributed by atoms with Gasteiger partial charge in [-0.25, -0.2) is 4.79 Å². The van der Waals surface area contributed by atoms with Crippen LogP contribution in [0, 0.1) is 11.8 Å². The molecule has 1 aromatic heterocycles. The highest BCUT2D eigenvalue weighted by atomic mass is 16.5. The zero-order valence-electron chi connectivity index (χ0n) is 12.8. The zero-order chi connectivity index (χ0) is 15.7. The summed E-state index contributed by atoms with van der Waals surface area (Å²) in [5, 5.41) is 3.90. The van der Waals surface area contributed by atoms with Crippen LogP contribution in [-0.4, -0.2) is 30.0 Å². The number of hydrogen-bond acceptors (Lipinski definition) is 3. The largest absolute Gasteiger partial charge is 0.467 e. The van der Waals surface area contributed by atoms with Crippen molar-refractivity contribution in [3.63, 3.8) is 0 Å². The van der Waals surface area contributed by atoms with E-state index < -0.39 is 12.0 Å². The van der Waals surface area contributed by atoms with Gasteiger partial charge >= 0.3 is 5.97 Å². The number of fused-ring (bicyclic) bond motifs is 1. The van der Waals surface area contributed by atoms with E-state index in [0.717, 1.165) is 22.9 Å². The highest BCUT2D eigenvalue weighted by Crippen LogP contribution is 2.37. The average Bonchev–Trinajstić information content (AvgIpc) is 3.13. The van der Waals surface area contributed by atoms with Gasteiger partial charge in [0.1, 0.15) is 6.04 Å². The van der Waals surface area contributed by atoms with Crippen LogP contribution in [0.5, 0.6) is 0 Å². The molecule has 0 radical (unpaired) electrons. The molecule has 2 aromatic rings. The summed E-state index contributed by atoms with van der Waals surface area (Å²) in [6.07, 6.45) is 3.20. The Morgan fingerprint density at radius 2 is 2.14 bits per heavy atom. The van der Waals surface area contributed by atoms with Gasteiger partial charge in [-0.15, -0.1) is 0 Å². The number of carbonyl (C=O) groups is 2. The van der Waals surface area contributed by atoms with Gasteiger partial charge in [0.2, 0.25) is 5.91 Å². The van der Waals surface area contributed by atoms with Crippen LogP contribution >= 0.6 is 0 Å². The number of hydrogen-bond donors (Lipinski definition) is 2. The van der Waals surface area contributed by atoms with Gasteiger partial charge in [-0.2, -0.15) is 0 Å². The second-order valence-electron chi connectivity index (χ2n) is 5.97. The van der Waals surface area contributed by atoms with Crippen LogP contribution < -0.4 is 5.32 Å². The minimum atomic E-state index is -0.649. The number of ether oxygens (including phenoxy) is 1. The van der Waals surface area contributed by atoms with Gasteiger partial charge in [-0.3, -0.25) is 4.79 Å². The van der Waals surface area contributed by atoms with Crippen molar-refractivity contribution in [3.8, 4) is 0 Å². The second-order valence-corrected chi connectivity index (χ2v) is 5.97. The molecule has 1 fully saturated rings. The van der Waals surface area contributed by atoms with Crippen LogP contribution in [0.25, 0.3) is 10.9 Å². The van der Waals surface area contributed by atoms with E-state index in [-0.39, 0.29) is 11.8 Å². The summed E-state index contributed by atoms with van der Waals surface area (Å²) in [4.78, 5) is 27.3. The Morgan fingerprint density at radius 3 is 2.82 bits per heavy atom. The molecular formula is C17H20N2O3.